The van der Waals surface area contributed by atoms with Crippen LogP contribution in [-0.2, 0) is 16.1 Å². The molecule has 6 nitrogen and oxygen atoms in total. The Hall–Kier alpha value is -2.05. The van der Waals surface area contributed by atoms with Crippen molar-refractivity contribution in [3.63, 3.8) is 0 Å². The van der Waals surface area contributed by atoms with Crippen LogP contribution >= 0.6 is 11.6 Å². The molecule has 2 heterocycles. The maximum Gasteiger partial charge on any atom is 0.260 e. The number of hydrogen-bond acceptors (Lipinski definition) is 4. The molecule has 0 aliphatic carbocycles. The van der Waals surface area contributed by atoms with E-state index in [9.17, 15) is 4.79 Å². The summed E-state index contributed by atoms with van der Waals surface area (Å²) >= 11 is 6.07. The van der Waals surface area contributed by atoms with Crippen molar-refractivity contribution in [3.05, 3.63) is 47.5 Å². The molecule has 0 unspecified atom stereocenters. The number of piperidine rings is 1. The highest BCUT2D eigenvalue weighted by molar-refractivity contribution is 6.32. The van der Waals surface area contributed by atoms with Crippen LogP contribution in [0.3, 0.4) is 0 Å². The number of nitrogens with zero attached hydrogens (tertiary/aromatic N) is 3. The molecule has 0 radical (unpaired) electrons. The van der Waals surface area contributed by atoms with E-state index in [4.69, 9.17) is 21.1 Å². The van der Waals surface area contributed by atoms with E-state index in [-0.39, 0.29) is 18.4 Å². The van der Waals surface area contributed by atoms with Gasteiger partial charge in [-0.25, -0.2) is 4.98 Å². The normalized spacial score (nSPS) is 17.3. The van der Waals surface area contributed by atoms with Gasteiger partial charge >= 0.3 is 0 Å². The lowest BCUT2D eigenvalue weighted by Gasteiger charge is -2.32. The van der Waals surface area contributed by atoms with E-state index in [1.54, 1.807) is 19.2 Å². The molecule has 7 heteroatoms. The van der Waals surface area contributed by atoms with Crippen LogP contribution in [0.15, 0.2) is 36.7 Å². The van der Waals surface area contributed by atoms with Crippen molar-refractivity contribution in [2.75, 3.05) is 33.4 Å². The third-order valence-electron chi connectivity index (χ3n) is 4.61. The van der Waals surface area contributed by atoms with Gasteiger partial charge in [0.1, 0.15) is 11.6 Å². The summed E-state index contributed by atoms with van der Waals surface area (Å²) in [4.78, 5) is 18.9. The van der Waals surface area contributed by atoms with Crippen molar-refractivity contribution in [2.45, 2.75) is 25.3 Å². The molecule has 1 aromatic heterocycles. The van der Waals surface area contributed by atoms with E-state index in [2.05, 4.69) is 9.55 Å². The van der Waals surface area contributed by atoms with E-state index in [1.165, 1.54) is 0 Å². The molecule has 1 aliphatic rings. The predicted molar refractivity (Wildman–Crippen MR) is 99.6 cm³/mol. The largest absolute Gasteiger partial charge is 0.482 e. The third-order valence-corrected chi connectivity index (χ3v) is 4.92. The molecular weight excluding hydrogens is 354 g/mol. The van der Waals surface area contributed by atoms with E-state index in [0.29, 0.717) is 23.9 Å². The lowest BCUT2D eigenvalue weighted by Crippen LogP contribution is -2.42. The van der Waals surface area contributed by atoms with E-state index < -0.39 is 0 Å². The summed E-state index contributed by atoms with van der Waals surface area (Å²) in [5.74, 6) is 1.77. The number of carbonyl (C=O) groups is 1. The van der Waals surface area contributed by atoms with Gasteiger partial charge in [0.25, 0.3) is 5.91 Å². The number of hydrogen-bond donors (Lipinski definition) is 0. The first-order valence-corrected chi connectivity index (χ1v) is 9.22. The molecule has 0 bridgehead atoms. The molecule has 140 valence electrons. The van der Waals surface area contributed by atoms with Crippen LogP contribution in [0.1, 0.15) is 24.6 Å². The average molecular weight is 378 g/mol. The minimum absolute atomic E-state index is 0.00539. The predicted octanol–water partition coefficient (Wildman–Crippen LogP) is 2.97. The molecule has 0 spiro atoms. The van der Waals surface area contributed by atoms with Crippen LogP contribution < -0.4 is 4.74 Å². The molecule has 2 aromatic rings. The molecule has 1 amide bonds. The second kappa shape index (κ2) is 9.05. The highest BCUT2D eigenvalue weighted by Gasteiger charge is 2.27. The second-order valence-electron chi connectivity index (χ2n) is 6.37. The van der Waals surface area contributed by atoms with Crippen LogP contribution in [-0.4, -0.2) is 53.8 Å². The summed E-state index contributed by atoms with van der Waals surface area (Å²) in [7, 11) is 1.69. The maximum absolute atomic E-state index is 12.6. The number of likely N-dealkylation sites (tertiary alicyclic amines) is 1. The zero-order valence-electron chi connectivity index (χ0n) is 14.9. The van der Waals surface area contributed by atoms with Gasteiger partial charge in [-0.05, 0) is 25.0 Å². The van der Waals surface area contributed by atoms with Gasteiger partial charge in [0, 0.05) is 45.1 Å². The van der Waals surface area contributed by atoms with Crippen molar-refractivity contribution in [1.82, 2.24) is 14.5 Å². The highest BCUT2D eigenvalue weighted by Crippen LogP contribution is 2.27. The number of imidazole rings is 1. The number of amides is 1. The van der Waals surface area contributed by atoms with Gasteiger partial charge in [-0.15, -0.1) is 0 Å². The van der Waals surface area contributed by atoms with Crippen LogP contribution in [0.4, 0.5) is 0 Å². The zero-order chi connectivity index (χ0) is 18.4. The van der Waals surface area contributed by atoms with E-state index in [0.717, 1.165) is 31.8 Å². The Labute approximate surface area is 158 Å². The number of methoxy groups -OCH3 is 1. The first-order valence-electron chi connectivity index (χ1n) is 8.84. The summed E-state index contributed by atoms with van der Waals surface area (Å²) < 4.78 is 12.9. The van der Waals surface area contributed by atoms with Gasteiger partial charge in [0.05, 0.1) is 11.6 Å². The van der Waals surface area contributed by atoms with Crippen molar-refractivity contribution in [2.24, 2.45) is 0 Å². The standard InChI is InChI=1S/C19H24ClN3O3/c1-25-12-11-22-10-8-21-19(22)15-5-4-9-23(13-15)18(24)14-26-17-7-3-2-6-16(17)20/h2-3,6-8,10,15H,4-5,9,11-14H2,1H3/t15-/m0/s1. The quantitative estimate of drug-likeness (QED) is 0.744. The maximum atomic E-state index is 12.6. The van der Waals surface area contributed by atoms with Gasteiger partial charge in [0.2, 0.25) is 0 Å². The Morgan fingerprint density at radius 3 is 3.04 bits per heavy atom. The summed E-state index contributed by atoms with van der Waals surface area (Å²) in [5.41, 5.74) is 0. The minimum Gasteiger partial charge on any atom is -0.482 e. The Morgan fingerprint density at radius 1 is 1.38 bits per heavy atom. The molecule has 0 N–H and O–H groups in total. The molecule has 1 atom stereocenters. The highest BCUT2D eigenvalue weighted by atomic mass is 35.5. The van der Waals surface area contributed by atoms with Gasteiger partial charge in [-0.2, -0.15) is 0 Å². The zero-order valence-corrected chi connectivity index (χ0v) is 15.7. The number of aromatic nitrogens is 2. The summed E-state index contributed by atoms with van der Waals surface area (Å²) in [6, 6.07) is 7.18. The fourth-order valence-electron chi connectivity index (χ4n) is 3.27. The average Bonchev–Trinajstić information content (AvgIpc) is 3.14. The molecule has 0 saturated carbocycles. The number of para-hydroxylation sites is 1. The second-order valence-corrected chi connectivity index (χ2v) is 6.78. The van der Waals surface area contributed by atoms with Crippen LogP contribution in [0, 0.1) is 0 Å². The number of rotatable bonds is 7. The lowest BCUT2D eigenvalue weighted by atomic mass is 9.97. The Morgan fingerprint density at radius 2 is 2.23 bits per heavy atom. The first-order chi connectivity index (χ1) is 12.7. The number of benzene rings is 1. The van der Waals surface area contributed by atoms with Crippen LogP contribution in [0.2, 0.25) is 5.02 Å². The fraction of sp³-hybridized carbons (Fsp3) is 0.474. The van der Waals surface area contributed by atoms with Crippen molar-refractivity contribution in [3.8, 4) is 5.75 Å². The summed E-state index contributed by atoms with van der Waals surface area (Å²) in [6.45, 7) is 2.82. The Bertz CT molecular complexity index is 734. The summed E-state index contributed by atoms with van der Waals surface area (Å²) in [6.07, 6.45) is 5.76. The summed E-state index contributed by atoms with van der Waals surface area (Å²) in [5, 5.41) is 0.511. The number of carbonyl (C=O) groups excluding carboxylic acids is 1. The van der Waals surface area contributed by atoms with Crippen molar-refractivity contribution in [1.29, 1.82) is 0 Å². The van der Waals surface area contributed by atoms with E-state index >= 15 is 0 Å². The molecule has 1 aliphatic heterocycles. The van der Waals surface area contributed by atoms with E-state index in [1.807, 2.05) is 29.4 Å². The van der Waals surface area contributed by atoms with Gasteiger partial charge in [-0.3, -0.25) is 4.79 Å². The SMILES string of the molecule is COCCn1ccnc1[C@H]1CCCN(C(=O)COc2ccccc2Cl)C1. The Kier molecular flexibility index (Phi) is 6.52. The lowest BCUT2D eigenvalue weighted by molar-refractivity contribution is -0.134. The molecule has 1 fully saturated rings. The van der Waals surface area contributed by atoms with Gasteiger partial charge < -0.3 is 18.9 Å². The number of halogens is 1. The molecule has 1 aromatic carbocycles. The molecular formula is C19H24ClN3O3. The van der Waals surface area contributed by atoms with Gasteiger partial charge in [0.15, 0.2) is 6.61 Å². The monoisotopic (exact) mass is 377 g/mol. The van der Waals surface area contributed by atoms with Crippen molar-refractivity contribution < 1.29 is 14.3 Å². The third kappa shape index (κ3) is 4.56. The van der Waals surface area contributed by atoms with Crippen LogP contribution in [0.5, 0.6) is 5.75 Å². The smallest absolute Gasteiger partial charge is 0.260 e. The molecule has 26 heavy (non-hydrogen) atoms. The number of ether oxygens (including phenoxy) is 2. The molecule has 1 saturated heterocycles. The topological polar surface area (TPSA) is 56.6 Å². The first kappa shape index (κ1) is 18.7. The van der Waals surface area contributed by atoms with Crippen LogP contribution in [0.25, 0.3) is 0 Å². The minimum atomic E-state index is -0.0235. The molecule has 3 rings (SSSR count). The fourth-order valence-corrected chi connectivity index (χ4v) is 3.46. The van der Waals surface area contributed by atoms with Gasteiger partial charge in [-0.1, -0.05) is 23.7 Å². The Balaban J connectivity index is 1.59. The van der Waals surface area contributed by atoms with Crippen molar-refractivity contribution >= 4 is 17.5 Å².